The summed E-state index contributed by atoms with van der Waals surface area (Å²) in [5.41, 5.74) is 1.63. The summed E-state index contributed by atoms with van der Waals surface area (Å²) >= 11 is 10.4. The number of benzene rings is 3. The molecule has 1 heterocycles. The molecule has 1 aliphatic rings. The van der Waals surface area contributed by atoms with Gasteiger partial charge in [0.05, 0.1) is 30.1 Å². The van der Waals surface area contributed by atoms with Gasteiger partial charge in [-0.2, -0.15) is 0 Å². The molecule has 0 unspecified atom stereocenters. The van der Waals surface area contributed by atoms with E-state index in [9.17, 15) is 9.59 Å². The van der Waals surface area contributed by atoms with Crippen LogP contribution in [0.1, 0.15) is 11.1 Å². The molecular weight excluding hydrogens is 582 g/mol. The third-order valence-electron chi connectivity index (χ3n) is 5.36. The lowest BCUT2D eigenvalue weighted by Gasteiger charge is -2.15. The lowest BCUT2D eigenvalue weighted by molar-refractivity contribution is -0.123. The van der Waals surface area contributed by atoms with E-state index >= 15 is 0 Å². The molecule has 1 fully saturated rings. The summed E-state index contributed by atoms with van der Waals surface area (Å²) in [6.45, 7) is 0.580. The first kappa shape index (κ1) is 26.9. The van der Waals surface area contributed by atoms with E-state index in [1.54, 1.807) is 49.6 Å². The minimum Gasteiger partial charge on any atom is -0.493 e. The Kier molecular flexibility index (Phi) is 9.02. The number of para-hydroxylation sites is 2. The Morgan fingerprint density at radius 1 is 0.946 bits per heavy atom. The van der Waals surface area contributed by atoms with E-state index in [0.29, 0.717) is 49.6 Å². The minimum atomic E-state index is -0.378. The van der Waals surface area contributed by atoms with Crippen LogP contribution in [0.4, 0.5) is 4.79 Å². The first-order valence-corrected chi connectivity index (χ1v) is 13.1. The van der Waals surface area contributed by atoms with Crippen molar-refractivity contribution in [2.45, 2.75) is 6.61 Å². The number of hydrogen-bond acceptors (Lipinski definition) is 7. The van der Waals surface area contributed by atoms with Crippen LogP contribution in [0.2, 0.25) is 5.02 Å². The standard InChI is InChI=1S/C27H23BrClNO6S/c1-33-21-5-3-4-6-22(21)35-12-11-30-26(31)24(37-27(30)32)15-18-13-20(28)25(23(14-18)34-2)36-16-17-7-9-19(29)10-8-17/h3-10,13-15H,11-12,16H2,1-2H3/b24-15-. The highest BCUT2D eigenvalue weighted by Crippen LogP contribution is 2.39. The van der Waals surface area contributed by atoms with Crippen LogP contribution in [-0.4, -0.2) is 43.4 Å². The molecule has 7 nitrogen and oxygen atoms in total. The quantitative estimate of drug-likeness (QED) is 0.235. The number of carbonyl (C=O) groups excluding carboxylic acids is 2. The Bertz CT molecular complexity index is 1330. The fraction of sp³-hybridized carbons (Fsp3) is 0.185. The van der Waals surface area contributed by atoms with Gasteiger partial charge in [-0.25, -0.2) is 0 Å². The lowest BCUT2D eigenvalue weighted by Crippen LogP contribution is -2.32. The van der Waals surface area contributed by atoms with E-state index < -0.39 is 0 Å². The third kappa shape index (κ3) is 6.60. The van der Waals surface area contributed by atoms with Gasteiger partial charge in [-0.3, -0.25) is 14.5 Å². The number of halogens is 2. The highest BCUT2D eigenvalue weighted by atomic mass is 79.9. The first-order valence-electron chi connectivity index (χ1n) is 11.2. The van der Waals surface area contributed by atoms with Crippen LogP contribution >= 0.6 is 39.3 Å². The topological polar surface area (TPSA) is 74.3 Å². The Hall–Kier alpha value is -3.14. The Morgan fingerprint density at radius 3 is 2.35 bits per heavy atom. The molecule has 0 aliphatic carbocycles. The Morgan fingerprint density at radius 2 is 1.65 bits per heavy atom. The summed E-state index contributed by atoms with van der Waals surface area (Å²) in [5, 5.41) is 0.300. The van der Waals surface area contributed by atoms with Crippen LogP contribution in [0.15, 0.2) is 70.0 Å². The third-order valence-corrected chi connectivity index (χ3v) is 7.11. The van der Waals surface area contributed by atoms with Crippen LogP contribution in [0.25, 0.3) is 6.08 Å². The predicted molar refractivity (Wildman–Crippen MR) is 148 cm³/mol. The molecule has 0 N–H and O–H groups in total. The smallest absolute Gasteiger partial charge is 0.293 e. The highest BCUT2D eigenvalue weighted by Gasteiger charge is 2.35. The van der Waals surface area contributed by atoms with Crippen molar-refractivity contribution in [3.8, 4) is 23.0 Å². The van der Waals surface area contributed by atoms with Crippen molar-refractivity contribution in [3.05, 3.63) is 86.2 Å². The van der Waals surface area contributed by atoms with Gasteiger partial charge in [0, 0.05) is 5.02 Å². The SMILES string of the molecule is COc1ccccc1OCCN1C(=O)S/C(=C\c2cc(Br)c(OCc3ccc(Cl)cc3)c(OC)c2)C1=O. The van der Waals surface area contributed by atoms with Gasteiger partial charge < -0.3 is 18.9 Å². The van der Waals surface area contributed by atoms with E-state index in [-0.39, 0.29) is 24.3 Å². The zero-order valence-electron chi connectivity index (χ0n) is 20.0. The molecule has 3 aromatic rings. The van der Waals surface area contributed by atoms with Crippen LogP contribution in [-0.2, 0) is 11.4 Å². The zero-order valence-corrected chi connectivity index (χ0v) is 23.2. The lowest BCUT2D eigenvalue weighted by atomic mass is 10.1. The second kappa shape index (κ2) is 12.4. The maximum atomic E-state index is 12.9. The van der Waals surface area contributed by atoms with Crippen LogP contribution in [0, 0.1) is 0 Å². The zero-order chi connectivity index (χ0) is 26.4. The van der Waals surface area contributed by atoms with Crippen LogP contribution < -0.4 is 18.9 Å². The number of amides is 2. The van der Waals surface area contributed by atoms with Gasteiger partial charge in [0.25, 0.3) is 11.1 Å². The molecule has 1 aliphatic heterocycles. The number of imide groups is 1. The molecule has 0 atom stereocenters. The highest BCUT2D eigenvalue weighted by molar-refractivity contribution is 9.10. The predicted octanol–water partition coefficient (Wildman–Crippen LogP) is 6.81. The Balaban J connectivity index is 1.43. The van der Waals surface area contributed by atoms with E-state index in [4.69, 9.17) is 30.5 Å². The number of ether oxygens (including phenoxy) is 4. The summed E-state index contributed by atoms with van der Waals surface area (Å²) in [7, 11) is 3.09. The molecular formula is C27H23BrClNO6S. The summed E-state index contributed by atoms with van der Waals surface area (Å²) in [4.78, 5) is 26.9. The molecule has 0 radical (unpaired) electrons. The van der Waals surface area contributed by atoms with Crippen molar-refractivity contribution in [2.24, 2.45) is 0 Å². The maximum Gasteiger partial charge on any atom is 0.293 e. The van der Waals surface area contributed by atoms with Crippen molar-refractivity contribution in [2.75, 3.05) is 27.4 Å². The number of nitrogens with zero attached hydrogens (tertiary/aromatic N) is 1. The number of carbonyl (C=O) groups is 2. The van der Waals surface area contributed by atoms with Crippen molar-refractivity contribution in [3.63, 3.8) is 0 Å². The van der Waals surface area contributed by atoms with E-state index in [1.165, 1.54) is 12.0 Å². The van der Waals surface area contributed by atoms with E-state index in [1.807, 2.05) is 24.3 Å². The average molecular weight is 605 g/mol. The largest absolute Gasteiger partial charge is 0.493 e. The van der Waals surface area contributed by atoms with Gasteiger partial charge >= 0.3 is 0 Å². The number of thioether (sulfide) groups is 1. The van der Waals surface area contributed by atoms with Gasteiger partial charge in [0.2, 0.25) is 0 Å². The summed E-state index contributed by atoms with van der Waals surface area (Å²) in [6, 6.07) is 18.1. The fourth-order valence-corrected chi connectivity index (χ4v) is 5.09. The summed E-state index contributed by atoms with van der Waals surface area (Å²) in [6.07, 6.45) is 1.65. The van der Waals surface area contributed by atoms with Crippen LogP contribution in [0.5, 0.6) is 23.0 Å². The van der Waals surface area contributed by atoms with Crippen LogP contribution in [0.3, 0.4) is 0 Å². The molecule has 3 aromatic carbocycles. The normalized spacial score (nSPS) is 14.3. The second-order valence-electron chi connectivity index (χ2n) is 7.78. The number of hydrogen-bond donors (Lipinski definition) is 0. The Labute approximate surface area is 232 Å². The monoisotopic (exact) mass is 603 g/mol. The molecule has 4 rings (SSSR count). The van der Waals surface area contributed by atoms with Crippen molar-refractivity contribution in [1.82, 2.24) is 4.90 Å². The first-order chi connectivity index (χ1) is 17.9. The summed E-state index contributed by atoms with van der Waals surface area (Å²) in [5.74, 6) is 1.76. The molecule has 1 saturated heterocycles. The molecule has 0 saturated carbocycles. The van der Waals surface area contributed by atoms with Gasteiger partial charge in [0.1, 0.15) is 13.2 Å². The van der Waals surface area contributed by atoms with E-state index in [0.717, 1.165) is 17.3 Å². The van der Waals surface area contributed by atoms with Gasteiger partial charge in [-0.15, -0.1) is 0 Å². The molecule has 0 aromatic heterocycles. The molecule has 0 spiro atoms. The second-order valence-corrected chi connectivity index (χ2v) is 10.1. The van der Waals surface area contributed by atoms with Gasteiger partial charge in [-0.05, 0) is 81.3 Å². The maximum absolute atomic E-state index is 12.9. The molecule has 37 heavy (non-hydrogen) atoms. The van der Waals surface area contributed by atoms with Gasteiger partial charge in [-0.1, -0.05) is 35.9 Å². The van der Waals surface area contributed by atoms with E-state index in [2.05, 4.69) is 15.9 Å². The van der Waals surface area contributed by atoms with Crippen molar-refractivity contribution < 1.29 is 28.5 Å². The molecule has 2 amide bonds. The summed E-state index contributed by atoms with van der Waals surface area (Å²) < 4.78 is 23.1. The van der Waals surface area contributed by atoms with Gasteiger partial charge in [0.15, 0.2) is 23.0 Å². The molecule has 0 bridgehead atoms. The minimum absolute atomic E-state index is 0.116. The molecule has 10 heteroatoms. The van der Waals surface area contributed by atoms with Crippen molar-refractivity contribution in [1.29, 1.82) is 0 Å². The van der Waals surface area contributed by atoms with Crippen molar-refractivity contribution >= 4 is 56.5 Å². The number of rotatable bonds is 10. The number of methoxy groups -OCH3 is 2. The molecule has 192 valence electrons. The fourth-order valence-electron chi connectivity index (χ4n) is 3.53. The average Bonchev–Trinajstić information content (AvgIpc) is 3.16.